The number of aliphatic hydroxyl groups excluding tert-OH is 1. The van der Waals surface area contributed by atoms with E-state index in [2.05, 4.69) is 14.9 Å². The second kappa shape index (κ2) is 3.47. The number of aliphatic hydroxyl groups is 1. The first-order valence-corrected chi connectivity index (χ1v) is 4.87. The van der Waals surface area contributed by atoms with Gasteiger partial charge >= 0.3 is 0 Å². The molecule has 12 heavy (non-hydrogen) atoms. The van der Waals surface area contributed by atoms with E-state index in [4.69, 9.17) is 0 Å². The zero-order valence-electron chi connectivity index (χ0n) is 6.60. The second-order valence-electron chi connectivity index (χ2n) is 3.03. The van der Waals surface area contributed by atoms with Crippen LogP contribution in [0.15, 0.2) is 5.38 Å². The number of rotatable bonds is 3. The maximum atomic E-state index is 9.24. The molecule has 0 amide bonds. The molecule has 1 saturated carbocycles. The van der Waals surface area contributed by atoms with E-state index in [-0.39, 0.29) is 12.1 Å². The van der Waals surface area contributed by atoms with Crippen LogP contribution < -0.4 is 5.32 Å². The van der Waals surface area contributed by atoms with Crippen LogP contribution in [-0.4, -0.2) is 26.8 Å². The van der Waals surface area contributed by atoms with Crippen LogP contribution in [0.3, 0.4) is 0 Å². The standard InChI is InChI=1S/C7H11N3OS/c11-7-2-1-6(7)8-3-5-4-12-10-9-5/h4,6-8,11H,1-3H2/t6-,7-/m1/s1. The maximum absolute atomic E-state index is 9.24. The van der Waals surface area contributed by atoms with Gasteiger partial charge in [0.05, 0.1) is 11.8 Å². The van der Waals surface area contributed by atoms with Crippen molar-refractivity contribution in [1.29, 1.82) is 0 Å². The fourth-order valence-corrected chi connectivity index (χ4v) is 1.67. The molecular weight excluding hydrogens is 174 g/mol. The summed E-state index contributed by atoms with van der Waals surface area (Å²) in [7, 11) is 0. The third-order valence-electron chi connectivity index (χ3n) is 2.19. The van der Waals surface area contributed by atoms with Crippen LogP contribution in [0.2, 0.25) is 0 Å². The van der Waals surface area contributed by atoms with Crippen molar-refractivity contribution >= 4 is 11.5 Å². The average Bonchev–Trinajstić information content (AvgIpc) is 2.54. The SMILES string of the molecule is O[C@@H]1CC[C@H]1NCc1csnn1. The van der Waals surface area contributed by atoms with E-state index in [1.165, 1.54) is 11.5 Å². The van der Waals surface area contributed by atoms with Gasteiger partial charge in [-0.3, -0.25) is 0 Å². The van der Waals surface area contributed by atoms with Crippen LogP contribution in [0.5, 0.6) is 0 Å². The highest BCUT2D eigenvalue weighted by molar-refractivity contribution is 7.03. The summed E-state index contributed by atoms with van der Waals surface area (Å²) >= 11 is 1.35. The molecule has 2 N–H and O–H groups in total. The fourth-order valence-electron chi connectivity index (χ4n) is 1.22. The Kier molecular flexibility index (Phi) is 2.34. The van der Waals surface area contributed by atoms with E-state index in [1.807, 2.05) is 5.38 Å². The largest absolute Gasteiger partial charge is 0.392 e. The van der Waals surface area contributed by atoms with Gasteiger partial charge in [0.2, 0.25) is 0 Å². The molecule has 0 saturated heterocycles. The summed E-state index contributed by atoms with van der Waals surface area (Å²) in [4.78, 5) is 0. The van der Waals surface area contributed by atoms with Crippen LogP contribution in [0.1, 0.15) is 18.5 Å². The van der Waals surface area contributed by atoms with E-state index < -0.39 is 0 Å². The van der Waals surface area contributed by atoms with Crippen LogP contribution in [0, 0.1) is 0 Å². The molecule has 1 aliphatic carbocycles. The minimum atomic E-state index is -0.156. The summed E-state index contributed by atoms with van der Waals surface area (Å²) in [6.45, 7) is 0.720. The molecule has 1 aromatic rings. The van der Waals surface area contributed by atoms with Gasteiger partial charge in [-0.25, -0.2) is 0 Å². The lowest BCUT2D eigenvalue weighted by Gasteiger charge is -2.32. The Labute approximate surface area is 74.8 Å². The van der Waals surface area contributed by atoms with Crippen LogP contribution >= 0.6 is 11.5 Å². The lowest BCUT2D eigenvalue weighted by molar-refractivity contribution is 0.0491. The van der Waals surface area contributed by atoms with Crippen molar-refractivity contribution in [1.82, 2.24) is 14.9 Å². The molecule has 0 aliphatic heterocycles. The Morgan fingerprint density at radius 1 is 1.67 bits per heavy atom. The molecule has 2 rings (SSSR count). The topological polar surface area (TPSA) is 58.0 Å². The van der Waals surface area contributed by atoms with Gasteiger partial charge < -0.3 is 10.4 Å². The highest BCUT2D eigenvalue weighted by Crippen LogP contribution is 2.19. The highest BCUT2D eigenvalue weighted by atomic mass is 32.1. The number of hydrogen-bond donors (Lipinski definition) is 2. The van der Waals surface area contributed by atoms with E-state index >= 15 is 0 Å². The van der Waals surface area contributed by atoms with E-state index in [0.29, 0.717) is 0 Å². The van der Waals surface area contributed by atoms with Crippen molar-refractivity contribution in [2.75, 3.05) is 0 Å². The fraction of sp³-hybridized carbons (Fsp3) is 0.714. The zero-order valence-corrected chi connectivity index (χ0v) is 7.42. The van der Waals surface area contributed by atoms with Crippen molar-refractivity contribution in [2.24, 2.45) is 0 Å². The molecular formula is C7H11N3OS. The average molecular weight is 185 g/mol. The van der Waals surface area contributed by atoms with Crippen LogP contribution in [0.4, 0.5) is 0 Å². The monoisotopic (exact) mass is 185 g/mol. The minimum absolute atomic E-state index is 0.156. The number of hydrogen-bond acceptors (Lipinski definition) is 5. The molecule has 1 aliphatic rings. The molecule has 0 radical (unpaired) electrons. The molecule has 2 atom stereocenters. The van der Waals surface area contributed by atoms with Gasteiger partial charge in [-0.15, -0.1) is 5.10 Å². The van der Waals surface area contributed by atoms with Crippen LogP contribution in [0.25, 0.3) is 0 Å². The predicted molar refractivity (Wildman–Crippen MR) is 45.8 cm³/mol. The molecule has 0 bridgehead atoms. The first kappa shape index (κ1) is 8.10. The van der Waals surface area contributed by atoms with Crippen molar-refractivity contribution in [2.45, 2.75) is 31.5 Å². The lowest BCUT2D eigenvalue weighted by atomic mass is 9.89. The van der Waals surface area contributed by atoms with Crippen LogP contribution in [-0.2, 0) is 6.54 Å². The first-order chi connectivity index (χ1) is 5.86. The Morgan fingerprint density at radius 2 is 2.58 bits per heavy atom. The van der Waals surface area contributed by atoms with Gasteiger partial charge in [0.1, 0.15) is 0 Å². The zero-order chi connectivity index (χ0) is 8.39. The Hall–Kier alpha value is -0.520. The second-order valence-corrected chi connectivity index (χ2v) is 3.64. The number of nitrogens with zero attached hydrogens (tertiary/aromatic N) is 2. The maximum Gasteiger partial charge on any atom is 0.0893 e. The van der Waals surface area contributed by atoms with E-state index in [0.717, 1.165) is 25.1 Å². The van der Waals surface area contributed by atoms with Crippen molar-refractivity contribution in [3.8, 4) is 0 Å². The van der Waals surface area contributed by atoms with Crippen molar-refractivity contribution < 1.29 is 5.11 Å². The van der Waals surface area contributed by atoms with Crippen molar-refractivity contribution in [3.63, 3.8) is 0 Å². The minimum Gasteiger partial charge on any atom is -0.392 e. The summed E-state index contributed by atoms with van der Waals surface area (Å²) in [5.74, 6) is 0. The van der Waals surface area contributed by atoms with E-state index in [9.17, 15) is 5.11 Å². The van der Waals surface area contributed by atoms with Gasteiger partial charge in [-0.2, -0.15) is 0 Å². The van der Waals surface area contributed by atoms with Gasteiger partial charge in [0.15, 0.2) is 0 Å². The highest BCUT2D eigenvalue weighted by Gasteiger charge is 2.27. The molecule has 0 unspecified atom stereocenters. The van der Waals surface area contributed by atoms with Gasteiger partial charge in [-0.1, -0.05) is 4.49 Å². The summed E-state index contributed by atoms with van der Waals surface area (Å²) < 4.78 is 3.75. The number of aromatic nitrogens is 2. The molecule has 4 nitrogen and oxygen atoms in total. The predicted octanol–water partition coefficient (Wildman–Crippen LogP) is 0.151. The van der Waals surface area contributed by atoms with Crippen molar-refractivity contribution in [3.05, 3.63) is 11.1 Å². The third-order valence-corrected chi connectivity index (χ3v) is 2.74. The van der Waals surface area contributed by atoms with Gasteiger partial charge in [0, 0.05) is 18.0 Å². The smallest absolute Gasteiger partial charge is 0.0893 e. The summed E-state index contributed by atoms with van der Waals surface area (Å²) in [5, 5.41) is 18.3. The van der Waals surface area contributed by atoms with Gasteiger partial charge in [0.25, 0.3) is 0 Å². The normalized spacial score (nSPS) is 28.4. The molecule has 0 spiro atoms. The molecule has 5 heteroatoms. The summed E-state index contributed by atoms with van der Waals surface area (Å²) in [5.41, 5.74) is 0.958. The Balaban J connectivity index is 1.75. The molecule has 1 heterocycles. The summed E-state index contributed by atoms with van der Waals surface area (Å²) in [6.07, 6.45) is 1.84. The Morgan fingerprint density at radius 3 is 3.08 bits per heavy atom. The molecule has 66 valence electrons. The number of nitrogens with one attached hydrogen (secondary N) is 1. The molecule has 0 aromatic carbocycles. The lowest BCUT2D eigenvalue weighted by Crippen LogP contribution is -2.47. The quantitative estimate of drug-likeness (QED) is 0.704. The Bertz CT molecular complexity index is 239. The van der Waals surface area contributed by atoms with Gasteiger partial charge in [-0.05, 0) is 24.4 Å². The summed E-state index contributed by atoms with van der Waals surface area (Å²) in [6, 6.07) is 0.270. The third kappa shape index (κ3) is 1.63. The first-order valence-electron chi connectivity index (χ1n) is 4.03. The van der Waals surface area contributed by atoms with E-state index in [1.54, 1.807) is 0 Å². The molecule has 1 aromatic heterocycles. The molecule has 1 fully saturated rings.